The monoisotopic (exact) mass is 297 g/mol. The minimum Gasteiger partial charge on any atom is -0.369 e. The molecule has 0 spiro atoms. The Hall–Kier alpha value is -1.94. The van der Waals surface area contributed by atoms with Gasteiger partial charge in [-0.3, -0.25) is 0 Å². The first kappa shape index (κ1) is 14.0. The molecule has 0 saturated heterocycles. The summed E-state index contributed by atoms with van der Waals surface area (Å²) in [4.78, 5) is 11.9. The molecule has 3 rings (SSSR count). The molecule has 0 amide bonds. The topological polar surface area (TPSA) is 37.8 Å². The molecule has 2 aromatic heterocycles. The van der Waals surface area contributed by atoms with Crippen LogP contribution in [0.15, 0.2) is 36.4 Å². The summed E-state index contributed by atoms with van der Waals surface area (Å²) >= 11 is 1.76. The Bertz CT molecular complexity index is 734. The maximum absolute atomic E-state index is 4.75. The highest BCUT2D eigenvalue weighted by atomic mass is 32.1. The average Bonchev–Trinajstić information content (AvgIpc) is 2.96. The van der Waals surface area contributed by atoms with Crippen molar-refractivity contribution in [2.45, 2.75) is 26.7 Å². The fraction of sp³-hybridized carbons (Fsp3) is 0.294. The molecule has 2 heterocycles. The minimum absolute atomic E-state index is 0.797. The number of fused-ring (bicyclic) bond motifs is 1. The Labute approximate surface area is 129 Å². The van der Waals surface area contributed by atoms with Crippen molar-refractivity contribution in [3.05, 3.63) is 41.3 Å². The lowest BCUT2D eigenvalue weighted by molar-refractivity contribution is 0.971. The van der Waals surface area contributed by atoms with E-state index in [4.69, 9.17) is 9.97 Å². The number of rotatable bonds is 5. The summed E-state index contributed by atoms with van der Waals surface area (Å²) in [5.41, 5.74) is 1.06. The average molecular weight is 297 g/mol. The Morgan fingerprint density at radius 2 is 1.90 bits per heavy atom. The van der Waals surface area contributed by atoms with Crippen LogP contribution < -0.4 is 5.32 Å². The van der Waals surface area contributed by atoms with Gasteiger partial charge < -0.3 is 5.32 Å². The van der Waals surface area contributed by atoms with E-state index in [1.807, 2.05) is 18.2 Å². The number of aryl methyl sites for hydroxylation is 1. The summed E-state index contributed by atoms with van der Waals surface area (Å²) in [7, 11) is 0. The Balaban J connectivity index is 2.13. The third-order valence-corrected chi connectivity index (χ3v) is 4.54. The van der Waals surface area contributed by atoms with Crippen molar-refractivity contribution in [3.8, 4) is 11.4 Å². The van der Waals surface area contributed by atoms with Crippen molar-refractivity contribution < 1.29 is 0 Å². The first-order valence-electron chi connectivity index (χ1n) is 7.41. The highest BCUT2D eigenvalue weighted by Crippen LogP contribution is 2.31. The molecule has 21 heavy (non-hydrogen) atoms. The van der Waals surface area contributed by atoms with Gasteiger partial charge in [-0.1, -0.05) is 44.2 Å². The standard InChI is InChI=1S/C17H19N3S/c1-3-10-18-16-14-11-13(4-2)21-17(14)20-15(19-16)12-8-6-5-7-9-12/h5-9,11H,3-4,10H2,1-2H3,(H,18,19,20). The molecule has 0 aliphatic rings. The molecule has 0 fully saturated rings. The van der Waals surface area contributed by atoms with Crippen LogP contribution >= 0.6 is 11.3 Å². The van der Waals surface area contributed by atoms with Gasteiger partial charge in [0.1, 0.15) is 10.6 Å². The molecule has 4 heteroatoms. The molecule has 1 aromatic carbocycles. The second kappa shape index (κ2) is 6.22. The predicted molar refractivity (Wildman–Crippen MR) is 91.0 cm³/mol. The molecule has 3 aromatic rings. The van der Waals surface area contributed by atoms with Crippen LogP contribution in [-0.2, 0) is 6.42 Å². The second-order valence-corrected chi connectivity index (χ2v) is 6.09. The molecule has 0 atom stereocenters. The fourth-order valence-electron chi connectivity index (χ4n) is 2.24. The van der Waals surface area contributed by atoms with Gasteiger partial charge in [0.2, 0.25) is 0 Å². The fourth-order valence-corrected chi connectivity index (χ4v) is 3.21. The van der Waals surface area contributed by atoms with Gasteiger partial charge in [-0.15, -0.1) is 11.3 Å². The van der Waals surface area contributed by atoms with E-state index in [1.165, 1.54) is 4.88 Å². The summed E-state index contributed by atoms with van der Waals surface area (Å²) in [5.74, 6) is 1.75. The third-order valence-electron chi connectivity index (χ3n) is 3.37. The maximum atomic E-state index is 4.75. The van der Waals surface area contributed by atoms with E-state index < -0.39 is 0 Å². The van der Waals surface area contributed by atoms with Crippen molar-refractivity contribution in [3.63, 3.8) is 0 Å². The van der Waals surface area contributed by atoms with Crippen molar-refractivity contribution in [2.75, 3.05) is 11.9 Å². The lowest BCUT2D eigenvalue weighted by Gasteiger charge is -2.07. The summed E-state index contributed by atoms with van der Waals surface area (Å²) in [6, 6.07) is 12.4. The minimum atomic E-state index is 0.797. The molecular formula is C17H19N3S. The molecule has 0 aliphatic heterocycles. The van der Waals surface area contributed by atoms with E-state index in [0.717, 1.165) is 46.8 Å². The van der Waals surface area contributed by atoms with Gasteiger partial charge in [-0.2, -0.15) is 0 Å². The van der Waals surface area contributed by atoms with Crippen LogP contribution in [-0.4, -0.2) is 16.5 Å². The van der Waals surface area contributed by atoms with Crippen LogP contribution in [0.3, 0.4) is 0 Å². The van der Waals surface area contributed by atoms with Gasteiger partial charge >= 0.3 is 0 Å². The normalized spacial score (nSPS) is 11.0. The van der Waals surface area contributed by atoms with E-state index in [1.54, 1.807) is 11.3 Å². The highest BCUT2D eigenvalue weighted by molar-refractivity contribution is 7.18. The molecule has 108 valence electrons. The summed E-state index contributed by atoms with van der Waals surface area (Å²) in [5, 5.41) is 4.58. The molecule has 0 aliphatic carbocycles. The number of aromatic nitrogens is 2. The third kappa shape index (κ3) is 2.90. The number of thiophene rings is 1. The van der Waals surface area contributed by atoms with Crippen LogP contribution in [0, 0.1) is 0 Å². The first-order valence-corrected chi connectivity index (χ1v) is 8.23. The number of hydrogen-bond acceptors (Lipinski definition) is 4. The van der Waals surface area contributed by atoms with Gasteiger partial charge in [0.25, 0.3) is 0 Å². The SMILES string of the molecule is CCCNc1nc(-c2ccccc2)nc2sc(CC)cc12. The zero-order chi connectivity index (χ0) is 14.7. The number of nitrogens with one attached hydrogen (secondary N) is 1. The van der Waals surface area contributed by atoms with Gasteiger partial charge in [-0.05, 0) is 18.9 Å². The predicted octanol–water partition coefficient (Wildman–Crippen LogP) is 4.74. The smallest absolute Gasteiger partial charge is 0.163 e. The van der Waals surface area contributed by atoms with Crippen molar-refractivity contribution in [1.29, 1.82) is 0 Å². The zero-order valence-electron chi connectivity index (χ0n) is 12.4. The van der Waals surface area contributed by atoms with Crippen LogP contribution in [0.25, 0.3) is 21.6 Å². The lowest BCUT2D eigenvalue weighted by atomic mass is 10.2. The largest absolute Gasteiger partial charge is 0.369 e. The van der Waals surface area contributed by atoms with E-state index in [-0.39, 0.29) is 0 Å². The molecule has 3 nitrogen and oxygen atoms in total. The van der Waals surface area contributed by atoms with E-state index in [2.05, 4.69) is 37.4 Å². The number of hydrogen-bond donors (Lipinski definition) is 1. The zero-order valence-corrected chi connectivity index (χ0v) is 13.2. The van der Waals surface area contributed by atoms with E-state index in [0.29, 0.717) is 0 Å². The molecule has 1 N–H and O–H groups in total. The van der Waals surface area contributed by atoms with E-state index in [9.17, 15) is 0 Å². The van der Waals surface area contributed by atoms with Gasteiger partial charge in [0.05, 0.1) is 5.39 Å². The van der Waals surface area contributed by atoms with Crippen LogP contribution in [0.1, 0.15) is 25.1 Å². The van der Waals surface area contributed by atoms with Gasteiger partial charge in [0, 0.05) is 17.0 Å². The van der Waals surface area contributed by atoms with Gasteiger partial charge in [-0.25, -0.2) is 9.97 Å². The Morgan fingerprint density at radius 1 is 1.10 bits per heavy atom. The van der Waals surface area contributed by atoms with Crippen LogP contribution in [0.2, 0.25) is 0 Å². The maximum Gasteiger partial charge on any atom is 0.163 e. The molecule has 0 unspecified atom stereocenters. The molecule has 0 bridgehead atoms. The molecule has 0 saturated carbocycles. The first-order chi connectivity index (χ1) is 10.3. The summed E-state index contributed by atoms with van der Waals surface area (Å²) in [6.45, 7) is 5.27. The van der Waals surface area contributed by atoms with Gasteiger partial charge in [0.15, 0.2) is 5.82 Å². The lowest BCUT2D eigenvalue weighted by Crippen LogP contribution is -2.03. The Morgan fingerprint density at radius 3 is 2.62 bits per heavy atom. The summed E-state index contributed by atoms with van der Waals surface area (Å²) in [6.07, 6.45) is 2.12. The molecular weight excluding hydrogens is 278 g/mol. The van der Waals surface area contributed by atoms with Crippen molar-refractivity contribution >= 4 is 27.4 Å². The van der Waals surface area contributed by atoms with Crippen molar-refractivity contribution in [1.82, 2.24) is 9.97 Å². The van der Waals surface area contributed by atoms with Crippen LogP contribution in [0.5, 0.6) is 0 Å². The quantitative estimate of drug-likeness (QED) is 0.739. The van der Waals surface area contributed by atoms with Crippen LogP contribution in [0.4, 0.5) is 5.82 Å². The van der Waals surface area contributed by atoms with Crippen molar-refractivity contribution in [2.24, 2.45) is 0 Å². The number of nitrogens with zero attached hydrogens (tertiary/aromatic N) is 2. The summed E-state index contributed by atoms with van der Waals surface area (Å²) < 4.78 is 0. The second-order valence-electron chi connectivity index (χ2n) is 4.97. The molecule has 0 radical (unpaired) electrons. The highest BCUT2D eigenvalue weighted by Gasteiger charge is 2.12. The number of anilines is 1. The Kier molecular flexibility index (Phi) is 4.15. The number of benzene rings is 1. The van der Waals surface area contributed by atoms with E-state index >= 15 is 0 Å².